The molecule has 3 N–H and O–H groups in total. The maximum absolute atomic E-state index is 13.1. The molecule has 0 spiro atoms. The maximum atomic E-state index is 13.1. The largest absolute Gasteiger partial charge is 0.472 e. The molecule has 0 fully saturated rings. The van der Waals surface area contributed by atoms with E-state index in [9.17, 15) is 43.2 Å². The van der Waals surface area contributed by atoms with Crippen LogP contribution >= 0.6 is 15.6 Å². The lowest BCUT2D eigenvalue weighted by Gasteiger charge is -2.21. The Hall–Kier alpha value is -1.94. The first-order valence-electron chi connectivity index (χ1n) is 43.0. The van der Waals surface area contributed by atoms with Gasteiger partial charge in [-0.2, -0.15) is 0 Å². The lowest BCUT2D eigenvalue weighted by molar-refractivity contribution is -0.161. The van der Waals surface area contributed by atoms with Gasteiger partial charge in [-0.25, -0.2) is 9.13 Å². The SMILES string of the molecule is CCCCCCCCCCCCCCCCCCCCCCC(=O)O[C@H](COC(=O)CCCCCCCCCCCCCCCCC(C)C)COP(=O)(O)OC[C@@H](O)COP(=O)(O)OC[C@@H](COC(=O)CCCCCCCCCCC(C)C)OC(=O)CCCCCCCCCCCCCCCC. The van der Waals surface area contributed by atoms with Crippen LogP contribution < -0.4 is 0 Å². The van der Waals surface area contributed by atoms with Crippen LogP contribution in [0.25, 0.3) is 0 Å². The Morgan fingerprint density at radius 3 is 0.667 bits per heavy atom. The number of phosphoric acid groups is 2. The molecule has 17 nitrogen and oxygen atoms in total. The van der Waals surface area contributed by atoms with Crippen LogP contribution in [0.1, 0.15) is 440 Å². The molecule has 0 rings (SSSR count). The van der Waals surface area contributed by atoms with Gasteiger partial charge in [0.05, 0.1) is 26.4 Å². The van der Waals surface area contributed by atoms with Crippen molar-refractivity contribution in [2.75, 3.05) is 39.6 Å². The molecule has 0 saturated carbocycles. The van der Waals surface area contributed by atoms with Crippen LogP contribution in [0.15, 0.2) is 0 Å². The molecule has 0 radical (unpaired) electrons. The standard InChI is InChI=1S/C83H162O17P2/c1-7-9-11-13-15-17-19-21-23-24-25-26-27-28-34-38-42-50-56-62-68-83(88)99-78(71-93-80(85)65-59-53-47-40-36-33-30-29-31-35-39-45-51-57-63-75(3)4)73-97-101(89,90)95-69-77(84)70-96-102(91,92)98-74-79(72-94-81(86)66-60-54-48-44-43-46-52-58-64-76(5)6)100-82(87)67-61-55-49-41-37-32-22-20-18-16-14-12-10-8-2/h75-79,84H,7-74H2,1-6H3,(H,89,90)(H,91,92)/t77-,78-,79-/m1/s1. The third kappa shape index (κ3) is 76.3. The van der Waals surface area contributed by atoms with E-state index in [0.717, 1.165) is 102 Å². The van der Waals surface area contributed by atoms with Crippen molar-refractivity contribution in [2.24, 2.45) is 11.8 Å². The van der Waals surface area contributed by atoms with Gasteiger partial charge in [-0.15, -0.1) is 0 Å². The van der Waals surface area contributed by atoms with Crippen molar-refractivity contribution in [2.45, 2.75) is 458 Å². The third-order valence-corrected chi connectivity index (χ3v) is 21.4. The number of esters is 4. The zero-order valence-electron chi connectivity index (χ0n) is 66.9. The molecule has 19 heteroatoms. The summed E-state index contributed by atoms with van der Waals surface area (Å²) in [5.74, 6) is -0.580. The molecule has 0 heterocycles. The van der Waals surface area contributed by atoms with E-state index in [4.69, 9.17) is 37.0 Å². The number of phosphoric ester groups is 2. The highest BCUT2D eigenvalue weighted by Crippen LogP contribution is 2.45. The van der Waals surface area contributed by atoms with E-state index >= 15 is 0 Å². The van der Waals surface area contributed by atoms with E-state index in [0.29, 0.717) is 25.7 Å². The monoisotopic (exact) mass is 1490 g/mol. The van der Waals surface area contributed by atoms with E-state index in [-0.39, 0.29) is 25.7 Å². The van der Waals surface area contributed by atoms with Crippen molar-refractivity contribution in [3.63, 3.8) is 0 Å². The van der Waals surface area contributed by atoms with Crippen molar-refractivity contribution < 1.29 is 80.2 Å². The third-order valence-electron chi connectivity index (χ3n) is 19.5. The molecule has 0 aliphatic heterocycles. The van der Waals surface area contributed by atoms with Gasteiger partial charge in [-0.1, -0.05) is 388 Å². The first-order chi connectivity index (χ1) is 49.4. The number of carbonyl (C=O) groups is 4. The van der Waals surface area contributed by atoms with E-state index in [2.05, 4.69) is 41.5 Å². The second kappa shape index (κ2) is 74.5. The molecule has 0 aromatic heterocycles. The predicted octanol–water partition coefficient (Wildman–Crippen LogP) is 25.1. The quantitative estimate of drug-likeness (QED) is 0.0222. The Bertz CT molecular complexity index is 1960. The Morgan fingerprint density at radius 1 is 0.265 bits per heavy atom. The summed E-state index contributed by atoms with van der Waals surface area (Å²) < 4.78 is 68.8. The molecule has 102 heavy (non-hydrogen) atoms. The molecule has 0 aliphatic rings. The number of unbranched alkanes of at least 4 members (excludes halogenated alkanes) is 52. The number of hydrogen-bond donors (Lipinski definition) is 3. The Labute approximate surface area is 626 Å². The highest BCUT2D eigenvalue weighted by Gasteiger charge is 2.30. The fourth-order valence-corrected chi connectivity index (χ4v) is 14.5. The number of carbonyl (C=O) groups excluding carboxylic acids is 4. The smallest absolute Gasteiger partial charge is 0.462 e. The fourth-order valence-electron chi connectivity index (χ4n) is 12.9. The van der Waals surface area contributed by atoms with Crippen LogP contribution in [0.5, 0.6) is 0 Å². The number of hydrogen-bond acceptors (Lipinski definition) is 15. The summed E-state index contributed by atoms with van der Waals surface area (Å²) in [5.41, 5.74) is 0. The number of ether oxygens (including phenoxy) is 4. The van der Waals surface area contributed by atoms with Crippen LogP contribution in [0, 0.1) is 11.8 Å². The lowest BCUT2D eigenvalue weighted by atomic mass is 10.0. The second-order valence-electron chi connectivity index (χ2n) is 30.8. The van der Waals surface area contributed by atoms with Gasteiger partial charge < -0.3 is 33.8 Å². The van der Waals surface area contributed by atoms with Crippen LogP contribution in [-0.2, 0) is 65.4 Å². The fraction of sp³-hybridized carbons (Fsp3) is 0.952. The zero-order valence-corrected chi connectivity index (χ0v) is 68.7. The summed E-state index contributed by atoms with van der Waals surface area (Å²) in [6, 6.07) is 0. The maximum Gasteiger partial charge on any atom is 0.472 e. The summed E-state index contributed by atoms with van der Waals surface area (Å²) in [4.78, 5) is 73.1. The molecule has 606 valence electrons. The average molecular weight is 1490 g/mol. The second-order valence-corrected chi connectivity index (χ2v) is 33.7. The summed E-state index contributed by atoms with van der Waals surface area (Å²) in [5, 5.41) is 10.7. The van der Waals surface area contributed by atoms with E-state index in [1.807, 2.05) is 0 Å². The van der Waals surface area contributed by atoms with Gasteiger partial charge in [0.25, 0.3) is 0 Å². The van der Waals surface area contributed by atoms with E-state index in [1.165, 1.54) is 257 Å². The first-order valence-corrected chi connectivity index (χ1v) is 46.0. The van der Waals surface area contributed by atoms with Crippen LogP contribution in [0.3, 0.4) is 0 Å². The highest BCUT2D eigenvalue weighted by molar-refractivity contribution is 7.47. The summed E-state index contributed by atoms with van der Waals surface area (Å²) in [6.45, 7) is 9.64. The van der Waals surface area contributed by atoms with Crippen molar-refractivity contribution in [1.29, 1.82) is 0 Å². The average Bonchev–Trinajstić information content (AvgIpc) is 0.937. The number of aliphatic hydroxyl groups excluding tert-OH is 1. The molecule has 0 aromatic carbocycles. The molecule has 0 bridgehead atoms. The van der Waals surface area contributed by atoms with Crippen LogP contribution in [-0.4, -0.2) is 96.7 Å². The van der Waals surface area contributed by atoms with Gasteiger partial charge >= 0.3 is 39.5 Å². The topological polar surface area (TPSA) is 237 Å². The first kappa shape index (κ1) is 100. The van der Waals surface area contributed by atoms with Gasteiger partial charge in [0, 0.05) is 25.7 Å². The molecule has 5 atom stereocenters. The predicted molar refractivity (Wildman–Crippen MR) is 418 cm³/mol. The molecule has 0 saturated heterocycles. The van der Waals surface area contributed by atoms with Crippen molar-refractivity contribution >= 4 is 39.5 Å². The summed E-state index contributed by atoms with van der Waals surface area (Å²) in [6.07, 6.45) is 65.2. The zero-order chi connectivity index (χ0) is 74.9. The minimum Gasteiger partial charge on any atom is -0.462 e. The molecular formula is C83H162O17P2. The number of rotatable bonds is 82. The van der Waals surface area contributed by atoms with Crippen molar-refractivity contribution in [3.05, 3.63) is 0 Å². The molecular weight excluding hydrogens is 1330 g/mol. The van der Waals surface area contributed by atoms with E-state index < -0.39 is 97.5 Å². The molecule has 2 unspecified atom stereocenters. The molecule has 0 aliphatic carbocycles. The van der Waals surface area contributed by atoms with E-state index in [1.54, 1.807) is 0 Å². The van der Waals surface area contributed by atoms with Gasteiger partial charge in [0.2, 0.25) is 0 Å². The van der Waals surface area contributed by atoms with Gasteiger partial charge in [-0.3, -0.25) is 37.3 Å². The Balaban J connectivity index is 5.24. The van der Waals surface area contributed by atoms with Crippen molar-refractivity contribution in [3.8, 4) is 0 Å². The van der Waals surface area contributed by atoms with Gasteiger partial charge in [-0.05, 0) is 37.5 Å². The van der Waals surface area contributed by atoms with Gasteiger partial charge in [0.1, 0.15) is 19.3 Å². The lowest BCUT2D eigenvalue weighted by Crippen LogP contribution is -2.30. The summed E-state index contributed by atoms with van der Waals surface area (Å²) in [7, 11) is -9.92. The minimum atomic E-state index is -4.96. The van der Waals surface area contributed by atoms with Gasteiger partial charge in [0.15, 0.2) is 12.2 Å². The Morgan fingerprint density at radius 2 is 0.451 bits per heavy atom. The number of aliphatic hydroxyl groups is 1. The van der Waals surface area contributed by atoms with Crippen molar-refractivity contribution in [1.82, 2.24) is 0 Å². The molecule has 0 aromatic rings. The Kier molecular flexibility index (Phi) is 73.1. The van der Waals surface area contributed by atoms with Crippen LogP contribution in [0.2, 0.25) is 0 Å². The normalized spacial score (nSPS) is 13.9. The van der Waals surface area contributed by atoms with Crippen LogP contribution in [0.4, 0.5) is 0 Å². The molecule has 0 amide bonds. The summed E-state index contributed by atoms with van der Waals surface area (Å²) >= 11 is 0. The highest BCUT2D eigenvalue weighted by atomic mass is 31.2. The minimum absolute atomic E-state index is 0.108.